The highest BCUT2D eigenvalue weighted by molar-refractivity contribution is 9.10. The van der Waals surface area contributed by atoms with Crippen LogP contribution in [0.2, 0.25) is 0 Å². The van der Waals surface area contributed by atoms with Gasteiger partial charge in [0.05, 0.1) is 16.4 Å². The van der Waals surface area contributed by atoms with Crippen molar-refractivity contribution >= 4 is 27.4 Å². The first-order valence-electron chi connectivity index (χ1n) is 7.56. The van der Waals surface area contributed by atoms with Gasteiger partial charge in [-0.25, -0.2) is 4.98 Å². The summed E-state index contributed by atoms with van der Waals surface area (Å²) in [6.07, 6.45) is 7.38. The molecule has 4 nitrogen and oxygen atoms in total. The van der Waals surface area contributed by atoms with Gasteiger partial charge < -0.3 is 10.6 Å². The molecule has 0 spiro atoms. The number of pyridine rings is 1. The van der Waals surface area contributed by atoms with Gasteiger partial charge in [-0.2, -0.15) is 0 Å². The van der Waals surface area contributed by atoms with Crippen molar-refractivity contribution in [1.29, 1.82) is 0 Å². The van der Waals surface area contributed by atoms with Crippen LogP contribution in [0.4, 0.5) is 11.5 Å². The van der Waals surface area contributed by atoms with E-state index in [0.29, 0.717) is 0 Å². The molecule has 0 unspecified atom stereocenters. The highest BCUT2D eigenvalue weighted by Gasteiger charge is 2.27. The molecular formula is C15H23BrN4. The first-order chi connectivity index (χ1) is 9.66. The van der Waals surface area contributed by atoms with Crippen molar-refractivity contribution in [2.24, 2.45) is 0 Å². The quantitative estimate of drug-likeness (QED) is 0.900. The number of nitrogens with zero attached hydrogens (tertiary/aromatic N) is 3. The van der Waals surface area contributed by atoms with Gasteiger partial charge in [0.1, 0.15) is 5.82 Å². The number of piperazine rings is 1. The van der Waals surface area contributed by atoms with Crippen LogP contribution in [0.3, 0.4) is 0 Å². The fraction of sp³-hybridized carbons (Fsp3) is 0.667. The van der Waals surface area contributed by atoms with Crippen molar-refractivity contribution in [3.05, 3.63) is 16.2 Å². The summed E-state index contributed by atoms with van der Waals surface area (Å²) >= 11 is 3.65. The van der Waals surface area contributed by atoms with Crippen molar-refractivity contribution in [2.45, 2.75) is 38.6 Å². The third-order valence-electron chi connectivity index (χ3n) is 4.74. The molecule has 5 heteroatoms. The summed E-state index contributed by atoms with van der Waals surface area (Å²) < 4.78 is 1.05. The van der Waals surface area contributed by atoms with E-state index < -0.39 is 0 Å². The van der Waals surface area contributed by atoms with Crippen LogP contribution in [-0.4, -0.2) is 42.1 Å². The first-order valence-corrected chi connectivity index (χ1v) is 8.35. The van der Waals surface area contributed by atoms with Crippen LogP contribution in [0.1, 0.15) is 31.2 Å². The number of nitrogens with two attached hydrogens (primary N) is 1. The molecule has 2 heterocycles. The maximum Gasteiger partial charge on any atom is 0.143 e. The molecule has 0 aromatic carbocycles. The highest BCUT2D eigenvalue weighted by atomic mass is 79.9. The van der Waals surface area contributed by atoms with Gasteiger partial charge in [0.15, 0.2) is 0 Å². The van der Waals surface area contributed by atoms with E-state index in [4.69, 9.17) is 5.73 Å². The molecule has 2 N–H and O–H groups in total. The molecule has 1 aliphatic heterocycles. The number of aromatic nitrogens is 1. The van der Waals surface area contributed by atoms with Crippen LogP contribution in [-0.2, 0) is 0 Å². The Morgan fingerprint density at radius 1 is 1.20 bits per heavy atom. The van der Waals surface area contributed by atoms with Crippen molar-refractivity contribution < 1.29 is 0 Å². The molecule has 20 heavy (non-hydrogen) atoms. The number of anilines is 2. The number of hydrogen-bond acceptors (Lipinski definition) is 4. The van der Waals surface area contributed by atoms with Crippen molar-refractivity contribution in [1.82, 2.24) is 9.88 Å². The fourth-order valence-electron chi connectivity index (χ4n) is 3.37. The van der Waals surface area contributed by atoms with E-state index in [0.717, 1.165) is 53.8 Å². The van der Waals surface area contributed by atoms with Crippen LogP contribution < -0.4 is 10.6 Å². The second kappa shape index (κ2) is 5.90. The third-order valence-corrected chi connectivity index (χ3v) is 5.69. The molecule has 1 aromatic rings. The van der Waals surface area contributed by atoms with E-state index in [9.17, 15) is 0 Å². The summed E-state index contributed by atoms with van der Waals surface area (Å²) in [7, 11) is 0. The lowest BCUT2D eigenvalue weighted by atomic mass is 10.1. The Bertz CT molecular complexity index is 477. The molecule has 0 amide bonds. The highest BCUT2D eigenvalue weighted by Crippen LogP contribution is 2.32. The van der Waals surface area contributed by atoms with Crippen LogP contribution in [0.5, 0.6) is 0 Å². The molecule has 1 saturated heterocycles. The van der Waals surface area contributed by atoms with Crippen LogP contribution >= 0.6 is 15.9 Å². The zero-order valence-corrected chi connectivity index (χ0v) is 13.7. The Balaban J connectivity index is 1.67. The van der Waals surface area contributed by atoms with E-state index in [2.05, 4.69) is 30.7 Å². The molecule has 1 aromatic heterocycles. The lowest BCUT2D eigenvalue weighted by Gasteiger charge is -2.39. The topological polar surface area (TPSA) is 45.4 Å². The number of nitrogen functional groups attached to an aromatic ring is 1. The summed E-state index contributed by atoms with van der Waals surface area (Å²) in [4.78, 5) is 9.57. The molecule has 1 aliphatic carbocycles. The summed E-state index contributed by atoms with van der Waals surface area (Å²) in [5, 5.41) is 0. The van der Waals surface area contributed by atoms with E-state index in [1.807, 2.05) is 6.92 Å². The monoisotopic (exact) mass is 338 g/mol. The Morgan fingerprint density at radius 2 is 1.85 bits per heavy atom. The maximum absolute atomic E-state index is 5.90. The lowest BCUT2D eigenvalue weighted by Crippen LogP contribution is -2.50. The fourth-order valence-corrected chi connectivity index (χ4v) is 3.95. The Morgan fingerprint density at radius 3 is 2.50 bits per heavy atom. The molecule has 110 valence electrons. The average Bonchev–Trinajstić information content (AvgIpc) is 3.00. The Labute approximate surface area is 129 Å². The van der Waals surface area contributed by atoms with Crippen molar-refractivity contribution in [3.63, 3.8) is 0 Å². The van der Waals surface area contributed by atoms with Gasteiger partial charge in [-0.05, 0) is 41.3 Å². The molecule has 0 atom stereocenters. The summed E-state index contributed by atoms with van der Waals surface area (Å²) in [5.41, 5.74) is 7.75. The summed E-state index contributed by atoms with van der Waals surface area (Å²) in [5.74, 6) is 1.04. The van der Waals surface area contributed by atoms with Crippen LogP contribution in [0.25, 0.3) is 0 Å². The second-order valence-corrected chi connectivity index (χ2v) is 6.73. The molecule has 2 aliphatic rings. The minimum absolute atomic E-state index is 0.755. The Hall–Kier alpha value is -0.810. The Kier molecular flexibility index (Phi) is 4.17. The minimum Gasteiger partial charge on any atom is -0.397 e. The lowest BCUT2D eigenvalue weighted by molar-refractivity contribution is 0.187. The van der Waals surface area contributed by atoms with Gasteiger partial charge in [0.2, 0.25) is 0 Å². The third kappa shape index (κ3) is 2.66. The molecule has 3 rings (SSSR count). The van der Waals surface area contributed by atoms with Crippen LogP contribution in [0.15, 0.2) is 10.7 Å². The summed E-state index contributed by atoms with van der Waals surface area (Å²) in [6, 6.07) is 0.835. The number of rotatable bonds is 2. The zero-order chi connectivity index (χ0) is 14.1. The minimum atomic E-state index is 0.755. The largest absolute Gasteiger partial charge is 0.397 e. The van der Waals surface area contributed by atoms with Gasteiger partial charge in [-0.15, -0.1) is 0 Å². The SMILES string of the molecule is Cc1c(N)cnc(N2CCN(C3CCCC3)CC2)c1Br. The molecular weight excluding hydrogens is 316 g/mol. The van der Waals surface area contributed by atoms with E-state index in [-0.39, 0.29) is 0 Å². The standard InChI is InChI=1S/C15H23BrN4/c1-11-13(17)10-18-15(14(11)16)20-8-6-19(7-9-20)12-4-2-3-5-12/h10,12H,2-9,17H2,1H3. The van der Waals surface area contributed by atoms with Gasteiger partial charge in [0.25, 0.3) is 0 Å². The normalized spacial score (nSPS) is 21.6. The van der Waals surface area contributed by atoms with Crippen molar-refractivity contribution in [3.8, 4) is 0 Å². The van der Waals surface area contributed by atoms with Gasteiger partial charge >= 0.3 is 0 Å². The second-order valence-electron chi connectivity index (χ2n) is 5.94. The smallest absolute Gasteiger partial charge is 0.143 e. The van der Waals surface area contributed by atoms with E-state index in [1.165, 1.54) is 25.7 Å². The predicted molar refractivity (Wildman–Crippen MR) is 87.1 cm³/mol. The zero-order valence-electron chi connectivity index (χ0n) is 12.1. The van der Waals surface area contributed by atoms with Crippen molar-refractivity contribution in [2.75, 3.05) is 36.8 Å². The van der Waals surface area contributed by atoms with E-state index >= 15 is 0 Å². The van der Waals surface area contributed by atoms with Gasteiger partial charge in [0, 0.05) is 32.2 Å². The molecule has 0 bridgehead atoms. The van der Waals surface area contributed by atoms with Gasteiger partial charge in [-0.1, -0.05) is 12.8 Å². The van der Waals surface area contributed by atoms with Crippen LogP contribution in [0, 0.1) is 6.92 Å². The summed E-state index contributed by atoms with van der Waals surface area (Å²) in [6.45, 7) is 6.47. The van der Waals surface area contributed by atoms with Gasteiger partial charge in [-0.3, -0.25) is 4.90 Å². The first kappa shape index (κ1) is 14.1. The average molecular weight is 339 g/mol. The molecule has 2 fully saturated rings. The molecule has 0 radical (unpaired) electrons. The predicted octanol–water partition coefficient (Wildman–Crippen LogP) is 2.80. The number of hydrogen-bond donors (Lipinski definition) is 1. The number of halogens is 1. The maximum atomic E-state index is 5.90. The van der Waals surface area contributed by atoms with E-state index in [1.54, 1.807) is 6.20 Å². The molecule has 1 saturated carbocycles.